The van der Waals surface area contributed by atoms with Crippen LogP contribution in [0.25, 0.3) is 0 Å². The molecule has 0 saturated carbocycles. The number of esters is 4. The molecule has 0 aliphatic rings. The minimum atomic E-state index is -3.22. The lowest BCUT2D eigenvalue weighted by molar-refractivity contribution is -0.147. The molecule has 4 atom stereocenters. The zero-order valence-corrected chi connectivity index (χ0v) is 48.2. The van der Waals surface area contributed by atoms with E-state index in [1.54, 1.807) is 13.8 Å². The predicted molar refractivity (Wildman–Crippen MR) is 281 cm³/mol. The topological polar surface area (TPSA) is 151 Å². The molecule has 0 radical (unpaired) electrons. The van der Waals surface area contributed by atoms with Gasteiger partial charge in [0.15, 0.2) is 43.0 Å². The minimum Gasteiger partial charge on any atom is -0.460 e. The fraction of sp³-hybridized carbons (Fsp3) is 0.500. The molecular weight excluding hydrogens is 953 g/mol. The fourth-order valence-corrected chi connectivity index (χ4v) is 32.8. The van der Waals surface area contributed by atoms with Gasteiger partial charge < -0.3 is 40.5 Å². The van der Waals surface area contributed by atoms with Crippen molar-refractivity contribution in [2.75, 3.05) is 33.0 Å². The highest BCUT2D eigenvalue weighted by Gasteiger charge is 2.47. The van der Waals surface area contributed by atoms with Gasteiger partial charge in [0.2, 0.25) is 0 Å². The molecule has 13 nitrogen and oxygen atoms in total. The zero-order valence-electron chi connectivity index (χ0n) is 41.9. The first kappa shape index (κ1) is 59.5. The van der Waals surface area contributed by atoms with Crippen LogP contribution in [0.1, 0.15) is 26.7 Å². The lowest BCUT2D eigenvalue weighted by Crippen LogP contribution is -2.67. The summed E-state index contributed by atoms with van der Waals surface area (Å²) < 4.78 is 55.7. The molecule has 0 aliphatic carbocycles. The average molecular weight is 1030 g/mol. The van der Waals surface area contributed by atoms with Gasteiger partial charge in [0, 0.05) is 29.9 Å². The molecule has 0 saturated heterocycles. The van der Waals surface area contributed by atoms with Gasteiger partial charge >= 0.3 is 32.4 Å². The van der Waals surface area contributed by atoms with Crippen LogP contribution >= 0.6 is 0 Å². The molecule has 0 amide bonds. The SMILES string of the molecule is C=CC(=O)OCC(COC(=O)C(=C)C)O[SiH](C)CC[Si](C)(C)O[Si](C)(C)CCCCO[Si](O[Si](C)(C)CC[SiH](C)OC(COC(=O)C=C)COC(=O)C(=C)C)(c1ccccc1)c1ccccc1. The second-order valence-electron chi connectivity index (χ2n) is 18.8. The Balaban J connectivity index is 2.12. The Bertz CT molecular complexity index is 1870. The third-order valence-electron chi connectivity index (χ3n) is 10.6. The van der Waals surface area contributed by atoms with Crippen LogP contribution in [0.4, 0.5) is 0 Å². The van der Waals surface area contributed by atoms with Crippen LogP contribution in [-0.2, 0) is 59.6 Å². The van der Waals surface area contributed by atoms with E-state index >= 15 is 0 Å². The summed E-state index contributed by atoms with van der Waals surface area (Å²) in [6, 6.07) is 25.0. The Morgan fingerprint density at radius 2 is 0.940 bits per heavy atom. The van der Waals surface area contributed by atoms with Crippen LogP contribution in [0.5, 0.6) is 0 Å². The van der Waals surface area contributed by atoms with Crippen molar-refractivity contribution in [2.45, 2.75) is 121 Å². The van der Waals surface area contributed by atoms with Gasteiger partial charge in [-0.2, -0.15) is 0 Å². The molecule has 0 spiro atoms. The molecule has 2 aromatic carbocycles. The summed E-state index contributed by atoms with van der Waals surface area (Å²) in [6.45, 7) is 35.5. The van der Waals surface area contributed by atoms with Crippen molar-refractivity contribution in [3.05, 3.63) is 110 Å². The Kier molecular flexibility index (Phi) is 26.1. The molecule has 372 valence electrons. The van der Waals surface area contributed by atoms with Crippen molar-refractivity contribution in [3.8, 4) is 0 Å². The van der Waals surface area contributed by atoms with Crippen molar-refractivity contribution >= 4 is 85.8 Å². The summed E-state index contributed by atoms with van der Waals surface area (Å²) in [5, 5.41) is 2.10. The van der Waals surface area contributed by atoms with E-state index in [-0.39, 0.29) is 37.6 Å². The lowest BCUT2D eigenvalue weighted by Gasteiger charge is -2.39. The summed E-state index contributed by atoms with van der Waals surface area (Å²) >= 11 is 0. The summed E-state index contributed by atoms with van der Waals surface area (Å²) in [6.07, 6.45) is 2.79. The number of carbonyl (C=O) groups excluding carboxylic acids is 4. The number of ether oxygens (including phenoxy) is 4. The Morgan fingerprint density at radius 1 is 0.567 bits per heavy atom. The predicted octanol–water partition coefficient (Wildman–Crippen LogP) is 7.86. The van der Waals surface area contributed by atoms with Gasteiger partial charge in [0.05, 0.1) is 0 Å². The van der Waals surface area contributed by atoms with Crippen molar-refractivity contribution in [3.63, 3.8) is 0 Å². The number of rotatable bonds is 34. The summed E-state index contributed by atoms with van der Waals surface area (Å²) in [5.74, 6) is -2.18. The quantitative estimate of drug-likeness (QED) is 0.0220. The minimum absolute atomic E-state index is 0.0325. The van der Waals surface area contributed by atoms with Crippen molar-refractivity contribution < 1.29 is 59.6 Å². The molecule has 2 aromatic rings. The van der Waals surface area contributed by atoms with Crippen LogP contribution in [-0.4, -0.2) is 121 Å². The molecule has 19 heteroatoms. The van der Waals surface area contributed by atoms with E-state index < -0.39 is 87.7 Å². The molecule has 0 bridgehead atoms. The molecule has 0 N–H and O–H groups in total. The highest BCUT2D eigenvalue weighted by Crippen LogP contribution is 2.27. The van der Waals surface area contributed by atoms with E-state index in [4.69, 9.17) is 40.5 Å². The first-order chi connectivity index (χ1) is 31.4. The van der Waals surface area contributed by atoms with Crippen LogP contribution in [0.2, 0.25) is 82.6 Å². The first-order valence-corrected chi connectivity index (χ1v) is 39.2. The van der Waals surface area contributed by atoms with E-state index in [0.29, 0.717) is 6.61 Å². The van der Waals surface area contributed by atoms with E-state index in [1.165, 1.54) is 0 Å². The Hall–Kier alpha value is -3.62. The smallest absolute Gasteiger partial charge is 0.396 e. The van der Waals surface area contributed by atoms with Crippen LogP contribution in [0.3, 0.4) is 0 Å². The van der Waals surface area contributed by atoms with Crippen molar-refractivity contribution in [1.82, 2.24) is 0 Å². The molecule has 0 fully saturated rings. The largest absolute Gasteiger partial charge is 0.460 e. The zero-order chi connectivity index (χ0) is 50.3. The molecule has 0 aromatic heterocycles. The summed E-state index contributed by atoms with van der Waals surface area (Å²) in [4.78, 5) is 47.8. The maximum atomic E-state index is 12.2. The third-order valence-corrected chi connectivity index (χ3v) is 30.7. The normalized spacial score (nSPS) is 13.9. The number of hydrogen-bond acceptors (Lipinski definition) is 13. The highest BCUT2D eigenvalue weighted by atomic mass is 28.4. The maximum absolute atomic E-state index is 12.2. The second-order valence-corrected chi connectivity index (χ2v) is 40.1. The standard InChI is InChI=1S/C48H78O13Si6/c1-15-45(49)53-35-41(37-55-47(51)39(3)4)58-62(7)30-33-65(11,12)60-64(9,10)32-24-23-29-57-67(43-25-19-17-20-26-43,44-27-21-18-22-28-44)61-66(13,14)34-31-63(8)59-42(36-54-46(50)16-2)38-56-48(52)40(5)6/h15-22,25-28,41-42,62-63H,1-3,5,23-24,29-38H2,4,6-14H3. The summed E-state index contributed by atoms with van der Waals surface area (Å²) in [7, 11) is -13.5. The van der Waals surface area contributed by atoms with Gasteiger partial charge in [-0.15, -0.1) is 0 Å². The summed E-state index contributed by atoms with van der Waals surface area (Å²) in [5.41, 5.74) is 0.562. The van der Waals surface area contributed by atoms with Gasteiger partial charge in [0.25, 0.3) is 0 Å². The highest BCUT2D eigenvalue weighted by molar-refractivity contribution is 6.98. The molecule has 0 heterocycles. The Labute approximate surface area is 408 Å². The molecule has 4 unspecified atom stereocenters. The fourth-order valence-electron chi connectivity index (χ4n) is 7.15. The second kappa shape index (κ2) is 29.4. The van der Waals surface area contributed by atoms with Gasteiger partial charge in [-0.1, -0.05) is 93.4 Å². The van der Waals surface area contributed by atoms with Gasteiger partial charge in [0.1, 0.15) is 38.6 Å². The van der Waals surface area contributed by atoms with Crippen LogP contribution in [0, 0.1) is 0 Å². The molecule has 67 heavy (non-hydrogen) atoms. The number of unbranched alkanes of at least 4 members (excludes halogenated alkanes) is 1. The van der Waals surface area contributed by atoms with Crippen LogP contribution < -0.4 is 10.4 Å². The van der Waals surface area contributed by atoms with E-state index in [9.17, 15) is 19.2 Å². The van der Waals surface area contributed by atoms with E-state index in [2.05, 4.69) is 103 Å². The van der Waals surface area contributed by atoms with Gasteiger partial charge in [-0.05, 0) is 113 Å². The molecular formula is C48H78O13Si6. The third kappa shape index (κ3) is 23.5. The maximum Gasteiger partial charge on any atom is 0.396 e. The molecule has 2 rings (SSSR count). The van der Waals surface area contributed by atoms with Crippen LogP contribution in [0.15, 0.2) is 110 Å². The number of hydrogen-bond donors (Lipinski definition) is 0. The number of carbonyl (C=O) groups is 4. The first-order valence-electron chi connectivity index (χ1n) is 23.1. The number of benzene rings is 2. The van der Waals surface area contributed by atoms with Crippen molar-refractivity contribution in [2.24, 2.45) is 0 Å². The van der Waals surface area contributed by atoms with E-state index in [0.717, 1.165) is 65.6 Å². The lowest BCUT2D eigenvalue weighted by atomic mass is 10.3. The molecule has 0 aliphatic heterocycles. The van der Waals surface area contributed by atoms with Crippen molar-refractivity contribution in [1.29, 1.82) is 0 Å². The monoisotopic (exact) mass is 1030 g/mol. The van der Waals surface area contributed by atoms with E-state index in [1.807, 2.05) is 36.4 Å². The van der Waals surface area contributed by atoms with Gasteiger partial charge in [-0.25, -0.2) is 19.2 Å². The Morgan fingerprint density at radius 3 is 1.33 bits per heavy atom. The average Bonchev–Trinajstić information content (AvgIpc) is 3.28. The van der Waals surface area contributed by atoms with Gasteiger partial charge in [-0.3, -0.25) is 0 Å².